The van der Waals surface area contributed by atoms with Crippen molar-refractivity contribution < 1.29 is 9.21 Å². The summed E-state index contributed by atoms with van der Waals surface area (Å²) in [5, 5.41) is 6.08. The number of halogens is 1. The van der Waals surface area contributed by atoms with Crippen molar-refractivity contribution in [2.45, 2.75) is 59.2 Å². The number of nitrogens with zero attached hydrogens (tertiary/aromatic N) is 1. The van der Waals surface area contributed by atoms with Crippen LogP contribution in [0.5, 0.6) is 0 Å². The number of carbonyl (C=O) groups excluding carboxylic acids is 1. The van der Waals surface area contributed by atoms with Crippen molar-refractivity contribution in [3.05, 3.63) is 59.5 Å². The number of nitrogens with one attached hydrogen (secondary N) is 2. The van der Waals surface area contributed by atoms with Gasteiger partial charge in [0.2, 0.25) is 0 Å². The Morgan fingerprint density at radius 1 is 1.17 bits per heavy atom. The van der Waals surface area contributed by atoms with Crippen molar-refractivity contribution in [3.8, 4) is 0 Å². The molecular formula is C22H33IN4O2. The number of nitrogens with two attached hydrogens (primary N) is 1. The number of guanidine groups is 1. The van der Waals surface area contributed by atoms with E-state index in [2.05, 4.69) is 36.4 Å². The number of rotatable bonds is 10. The molecule has 0 aliphatic heterocycles. The van der Waals surface area contributed by atoms with Gasteiger partial charge in [0.1, 0.15) is 5.76 Å². The molecule has 1 aromatic heterocycles. The van der Waals surface area contributed by atoms with E-state index in [1.165, 1.54) is 12.8 Å². The van der Waals surface area contributed by atoms with E-state index in [4.69, 9.17) is 10.2 Å². The first-order chi connectivity index (χ1) is 13.4. The van der Waals surface area contributed by atoms with E-state index in [1.54, 1.807) is 18.4 Å². The Bertz CT molecular complexity index is 760. The number of aliphatic imine (C=N–C) groups is 1. The summed E-state index contributed by atoms with van der Waals surface area (Å²) in [5.41, 5.74) is 7.53. The van der Waals surface area contributed by atoms with Crippen LogP contribution in [0.3, 0.4) is 0 Å². The fourth-order valence-corrected chi connectivity index (χ4v) is 2.87. The van der Waals surface area contributed by atoms with Crippen LogP contribution in [0.2, 0.25) is 0 Å². The van der Waals surface area contributed by atoms with Gasteiger partial charge in [-0.1, -0.05) is 38.8 Å². The molecule has 0 aliphatic carbocycles. The highest BCUT2D eigenvalue weighted by molar-refractivity contribution is 14.0. The standard InChI is InChI=1S/C22H32N4O2.HI/c1-16(2)7-4-8-17(3)26-22(23)25-14-18-9-5-10-19(13-18)21(27)24-15-20-11-6-12-28-20;/h5-6,9-13,16-17H,4,7-8,14-15H2,1-3H3,(H,24,27)(H3,23,25,26);1H. The minimum absolute atomic E-state index is 0. The zero-order valence-corrected chi connectivity index (χ0v) is 19.8. The van der Waals surface area contributed by atoms with E-state index >= 15 is 0 Å². The molecule has 29 heavy (non-hydrogen) atoms. The van der Waals surface area contributed by atoms with Gasteiger partial charge >= 0.3 is 0 Å². The zero-order valence-electron chi connectivity index (χ0n) is 17.5. The first kappa shape index (κ1) is 25.0. The molecule has 1 amide bonds. The molecule has 4 N–H and O–H groups in total. The molecule has 160 valence electrons. The van der Waals surface area contributed by atoms with E-state index < -0.39 is 0 Å². The normalized spacial score (nSPS) is 12.3. The lowest BCUT2D eigenvalue weighted by molar-refractivity contribution is 0.0948. The third-order valence-electron chi connectivity index (χ3n) is 4.44. The number of benzene rings is 1. The van der Waals surface area contributed by atoms with Gasteiger partial charge in [0.15, 0.2) is 5.96 Å². The first-order valence-corrected chi connectivity index (χ1v) is 9.90. The fourth-order valence-electron chi connectivity index (χ4n) is 2.87. The van der Waals surface area contributed by atoms with Crippen molar-refractivity contribution in [3.63, 3.8) is 0 Å². The second kappa shape index (κ2) is 13.2. The molecule has 6 nitrogen and oxygen atoms in total. The fraction of sp³-hybridized carbons (Fsp3) is 0.455. The predicted octanol–water partition coefficient (Wildman–Crippen LogP) is 4.45. The van der Waals surface area contributed by atoms with Crippen molar-refractivity contribution in [1.82, 2.24) is 10.6 Å². The van der Waals surface area contributed by atoms with Gasteiger partial charge in [-0.15, -0.1) is 24.0 Å². The minimum Gasteiger partial charge on any atom is -0.467 e. The van der Waals surface area contributed by atoms with E-state index in [0.717, 1.165) is 23.7 Å². The summed E-state index contributed by atoms with van der Waals surface area (Å²) in [6, 6.07) is 11.3. The van der Waals surface area contributed by atoms with Gasteiger partial charge in [-0.2, -0.15) is 0 Å². The van der Waals surface area contributed by atoms with Gasteiger partial charge < -0.3 is 20.8 Å². The molecule has 2 rings (SSSR count). The van der Waals surface area contributed by atoms with Crippen LogP contribution in [-0.2, 0) is 13.1 Å². The Kier molecular flexibility index (Phi) is 11.4. The summed E-state index contributed by atoms with van der Waals surface area (Å²) in [7, 11) is 0. The molecule has 0 radical (unpaired) electrons. The molecule has 7 heteroatoms. The average molecular weight is 512 g/mol. The third kappa shape index (κ3) is 9.83. The van der Waals surface area contributed by atoms with Gasteiger partial charge in [0.05, 0.1) is 19.4 Å². The molecule has 0 fully saturated rings. The summed E-state index contributed by atoms with van der Waals surface area (Å²) in [5.74, 6) is 1.73. The van der Waals surface area contributed by atoms with Gasteiger partial charge in [-0.3, -0.25) is 4.79 Å². The van der Waals surface area contributed by atoms with Crippen LogP contribution in [0.1, 0.15) is 61.7 Å². The lowest BCUT2D eigenvalue weighted by Crippen LogP contribution is -2.38. The molecule has 1 heterocycles. The first-order valence-electron chi connectivity index (χ1n) is 9.90. The molecule has 0 saturated carbocycles. The van der Waals surface area contributed by atoms with Crippen molar-refractivity contribution in [2.24, 2.45) is 16.6 Å². The van der Waals surface area contributed by atoms with Crippen LogP contribution >= 0.6 is 24.0 Å². The zero-order chi connectivity index (χ0) is 20.4. The molecule has 0 aliphatic rings. The highest BCUT2D eigenvalue weighted by atomic mass is 127. The summed E-state index contributed by atoms with van der Waals surface area (Å²) < 4.78 is 5.22. The van der Waals surface area contributed by atoms with Crippen LogP contribution < -0.4 is 16.4 Å². The summed E-state index contributed by atoms with van der Waals surface area (Å²) in [6.07, 6.45) is 5.05. The van der Waals surface area contributed by atoms with Gasteiger partial charge in [-0.25, -0.2) is 4.99 Å². The Morgan fingerprint density at radius 2 is 1.97 bits per heavy atom. The molecule has 2 aromatic rings. The van der Waals surface area contributed by atoms with E-state index in [0.29, 0.717) is 30.7 Å². The quantitative estimate of drug-likeness (QED) is 0.249. The smallest absolute Gasteiger partial charge is 0.251 e. The summed E-state index contributed by atoms with van der Waals surface area (Å²) in [6.45, 7) is 7.38. The largest absolute Gasteiger partial charge is 0.467 e. The van der Waals surface area contributed by atoms with Gasteiger partial charge in [-0.05, 0) is 49.1 Å². The molecule has 0 spiro atoms. The Morgan fingerprint density at radius 3 is 2.66 bits per heavy atom. The second-order valence-electron chi connectivity index (χ2n) is 7.53. The maximum Gasteiger partial charge on any atom is 0.251 e. The van der Waals surface area contributed by atoms with Crippen molar-refractivity contribution in [1.29, 1.82) is 0 Å². The van der Waals surface area contributed by atoms with E-state index in [1.807, 2.05) is 24.3 Å². The number of amides is 1. The number of hydrogen-bond donors (Lipinski definition) is 3. The molecule has 1 aromatic carbocycles. The molecular weight excluding hydrogens is 479 g/mol. The molecule has 1 atom stereocenters. The lowest BCUT2D eigenvalue weighted by atomic mass is 10.0. The number of hydrogen-bond acceptors (Lipinski definition) is 3. The Labute approximate surface area is 190 Å². The lowest BCUT2D eigenvalue weighted by Gasteiger charge is -2.15. The van der Waals surface area contributed by atoms with E-state index in [9.17, 15) is 4.79 Å². The van der Waals surface area contributed by atoms with Crippen LogP contribution in [0.25, 0.3) is 0 Å². The van der Waals surface area contributed by atoms with Gasteiger partial charge in [0.25, 0.3) is 5.91 Å². The van der Waals surface area contributed by atoms with Crippen LogP contribution in [-0.4, -0.2) is 17.9 Å². The second-order valence-corrected chi connectivity index (χ2v) is 7.53. The Balaban J connectivity index is 0.00000420. The van der Waals surface area contributed by atoms with Crippen LogP contribution in [0.4, 0.5) is 0 Å². The third-order valence-corrected chi connectivity index (χ3v) is 4.44. The molecule has 0 saturated heterocycles. The number of furan rings is 1. The van der Waals surface area contributed by atoms with Crippen LogP contribution in [0.15, 0.2) is 52.1 Å². The highest BCUT2D eigenvalue weighted by Crippen LogP contribution is 2.09. The van der Waals surface area contributed by atoms with Crippen molar-refractivity contribution in [2.75, 3.05) is 0 Å². The SMILES string of the molecule is CC(C)CCCC(C)NC(N)=NCc1cccc(C(=O)NCc2ccco2)c1.I. The van der Waals surface area contributed by atoms with E-state index in [-0.39, 0.29) is 29.9 Å². The van der Waals surface area contributed by atoms with Gasteiger partial charge in [0, 0.05) is 11.6 Å². The summed E-state index contributed by atoms with van der Waals surface area (Å²) >= 11 is 0. The monoisotopic (exact) mass is 512 g/mol. The topological polar surface area (TPSA) is 92.6 Å². The molecule has 1 unspecified atom stereocenters. The Hall–Kier alpha value is -2.03. The summed E-state index contributed by atoms with van der Waals surface area (Å²) in [4.78, 5) is 16.7. The van der Waals surface area contributed by atoms with Crippen molar-refractivity contribution >= 4 is 35.8 Å². The number of carbonyl (C=O) groups is 1. The maximum absolute atomic E-state index is 12.3. The minimum atomic E-state index is -0.146. The maximum atomic E-state index is 12.3. The molecule has 0 bridgehead atoms. The van der Waals surface area contributed by atoms with Crippen LogP contribution in [0, 0.1) is 5.92 Å². The highest BCUT2D eigenvalue weighted by Gasteiger charge is 2.08. The average Bonchev–Trinajstić information content (AvgIpc) is 3.18. The predicted molar refractivity (Wildman–Crippen MR) is 128 cm³/mol.